The first-order valence-corrected chi connectivity index (χ1v) is 6.38. The van der Waals surface area contributed by atoms with Gasteiger partial charge >= 0.3 is 0 Å². The second-order valence-corrected chi connectivity index (χ2v) is 5.21. The molecule has 0 aliphatic carbocycles. The zero-order valence-corrected chi connectivity index (χ0v) is 10.9. The zero-order valence-electron chi connectivity index (χ0n) is 9.31. The molecule has 0 bridgehead atoms. The van der Waals surface area contributed by atoms with Gasteiger partial charge in [0, 0.05) is 15.4 Å². The van der Waals surface area contributed by atoms with Crippen LogP contribution in [0.2, 0.25) is 5.02 Å². The Bertz CT molecular complexity index is 534. The quantitative estimate of drug-likeness (QED) is 0.752. The van der Waals surface area contributed by atoms with Gasteiger partial charge in [-0.25, -0.2) is 0 Å². The number of hydrogen-bond donors (Lipinski definition) is 0. The van der Waals surface area contributed by atoms with Crippen molar-refractivity contribution in [2.45, 2.75) is 16.7 Å². The second-order valence-electron chi connectivity index (χ2n) is 3.68. The third-order valence-corrected chi connectivity index (χ3v) is 3.79. The molecule has 1 nitrogen and oxygen atoms in total. The Morgan fingerprint density at radius 1 is 1.12 bits per heavy atom. The standard InChI is InChI=1S/C14H11ClOS/c1-10-5-7-11(8-6-10)17-14-4-2-3-13(15)12(14)9-16/h2-9H,1H3. The fourth-order valence-electron chi connectivity index (χ4n) is 1.45. The molecular weight excluding hydrogens is 252 g/mol. The molecule has 0 fully saturated rings. The van der Waals surface area contributed by atoms with E-state index in [0.29, 0.717) is 10.6 Å². The lowest BCUT2D eigenvalue weighted by Gasteiger charge is -2.06. The van der Waals surface area contributed by atoms with Crippen LogP contribution in [0.4, 0.5) is 0 Å². The molecule has 0 heterocycles. The van der Waals surface area contributed by atoms with E-state index in [1.807, 2.05) is 43.3 Å². The van der Waals surface area contributed by atoms with Gasteiger partial charge in [-0.05, 0) is 31.2 Å². The summed E-state index contributed by atoms with van der Waals surface area (Å²) in [5, 5.41) is 0.497. The van der Waals surface area contributed by atoms with Gasteiger partial charge in [-0.2, -0.15) is 0 Å². The lowest BCUT2D eigenvalue weighted by Crippen LogP contribution is -1.86. The van der Waals surface area contributed by atoms with Crippen molar-refractivity contribution in [2.24, 2.45) is 0 Å². The van der Waals surface area contributed by atoms with E-state index in [2.05, 4.69) is 0 Å². The van der Waals surface area contributed by atoms with Crippen LogP contribution in [-0.2, 0) is 0 Å². The summed E-state index contributed by atoms with van der Waals surface area (Å²) < 4.78 is 0. The number of rotatable bonds is 3. The van der Waals surface area contributed by atoms with E-state index >= 15 is 0 Å². The highest BCUT2D eigenvalue weighted by molar-refractivity contribution is 7.99. The Hall–Kier alpha value is -1.25. The minimum absolute atomic E-state index is 0.497. The van der Waals surface area contributed by atoms with Crippen LogP contribution in [0.15, 0.2) is 52.3 Å². The number of benzene rings is 2. The summed E-state index contributed by atoms with van der Waals surface area (Å²) in [7, 11) is 0. The van der Waals surface area contributed by atoms with Crippen LogP contribution in [0.3, 0.4) is 0 Å². The molecule has 2 aromatic carbocycles. The Balaban J connectivity index is 2.33. The Kier molecular flexibility index (Phi) is 3.87. The average Bonchev–Trinajstić information content (AvgIpc) is 2.32. The fourth-order valence-corrected chi connectivity index (χ4v) is 2.67. The zero-order chi connectivity index (χ0) is 12.3. The van der Waals surface area contributed by atoms with Crippen molar-refractivity contribution in [3.63, 3.8) is 0 Å². The Morgan fingerprint density at radius 3 is 2.47 bits per heavy atom. The van der Waals surface area contributed by atoms with Gasteiger partial charge in [-0.15, -0.1) is 0 Å². The lowest BCUT2D eigenvalue weighted by molar-refractivity contribution is 0.112. The third-order valence-electron chi connectivity index (χ3n) is 2.38. The van der Waals surface area contributed by atoms with Crippen LogP contribution < -0.4 is 0 Å². The van der Waals surface area contributed by atoms with Gasteiger partial charge in [-0.3, -0.25) is 4.79 Å². The molecule has 0 saturated carbocycles. The maximum absolute atomic E-state index is 11.0. The second kappa shape index (κ2) is 5.39. The van der Waals surface area contributed by atoms with E-state index in [1.54, 1.807) is 17.8 Å². The topological polar surface area (TPSA) is 17.1 Å². The van der Waals surface area contributed by atoms with E-state index in [-0.39, 0.29) is 0 Å². The molecule has 0 atom stereocenters. The van der Waals surface area contributed by atoms with Gasteiger partial charge < -0.3 is 0 Å². The van der Waals surface area contributed by atoms with Gasteiger partial charge in [0.2, 0.25) is 0 Å². The normalized spacial score (nSPS) is 10.2. The summed E-state index contributed by atoms with van der Waals surface area (Å²) in [5.41, 5.74) is 1.77. The van der Waals surface area contributed by atoms with Crippen molar-refractivity contribution in [1.29, 1.82) is 0 Å². The number of aryl methyl sites for hydroxylation is 1. The molecule has 0 amide bonds. The van der Waals surface area contributed by atoms with Crippen molar-refractivity contribution in [3.8, 4) is 0 Å². The Labute approximate surface area is 110 Å². The van der Waals surface area contributed by atoms with Crippen LogP contribution in [0.25, 0.3) is 0 Å². The molecule has 17 heavy (non-hydrogen) atoms. The number of hydrogen-bond acceptors (Lipinski definition) is 2. The summed E-state index contributed by atoms with van der Waals surface area (Å²) in [4.78, 5) is 13.0. The van der Waals surface area contributed by atoms with Crippen LogP contribution in [0, 0.1) is 6.92 Å². The first kappa shape index (κ1) is 12.2. The summed E-state index contributed by atoms with van der Waals surface area (Å²) in [6, 6.07) is 13.7. The van der Waals surface area contributed by atoms with E-state index in [0.717, 1.165) is 16.1 Å². The predicted molar refractivity (Wildman–Crippen MR) is 72.1 cm³/mol. The van der Waals surface area contributed by atoms with Gasteiger partial charge in [0.1, 0.15) is 0 Å². The SMILES string of the molecule is Cc1ccc(Sc2cccc(Cl)c2C=O)cc1. The minimum atomic E-state index is 0.497. The van der Waals surface area contributed by atoms with Crippen molar-refractivity contribution in [2.75, 3.05) is 0 Å². The molecular formula is C14H11ClOS. The molecule has 0 unspecified atom stereocenters. The van der Waals surface area contributed by atoms with Gasteiger partial charge in [0.15, 0.2) is 6.29 Å². The maximum atomic E-state index is 11.0. The van der Waals surface area contributed by atoms with Crippen molar-refractivity contribution in [3.05, 3.63) is 58.6 Å². The first-order valence-electron chi connectivity index (χ1n) is 5.19. The summed E-state index contributed by atoms with van der Waals surface area (Å²) in [5.74, 6) is 0. The molecule has 86 valence electrons. The Morgan fingerprint density at radius 2 is 1.82 bits per heavy atom. The molecule has 2 rings (SSSR count). The highest BCUT2D eigenvalue weighted by Gasteiger charge is 2.07. The molecule has 0 aromatic heterocycles. The van der Waals surface area contributed by atoms with Crippen molar-refractivity contribution < 1.29 is 4.79 Å². The highest BCUT2D eigenvalue weighted by atomic mass is 35.5. The smallest absolute Gasteiger partial charge is 0.152 e. The summed E-state index contributed by atoms with van der Waals surface area (Å²) >= 11 is 7.52. The maximum Gasteiger partial charge on any atom is 0.152 e. The number of carbonyl (C=O) groups is 1. The van der Waals surface area contributed by atoms with Gasteiger partial charge in [0.25, 0.3) is 0 Å². The molecule has 3 heteroatoms. The molecule has 0 aliphatic rings. The van der Waals surface area contributed by atoms with Crippen molar-refractivity contribution >= 4 is 29.6 Å². The van der Waals surface area contributed by atoms with Crippen LogP contribution in [-0.4, -0.2) is 6.29 Å². The van der Waals surface area contributed by atoms with Crippen LogP contribution in [0.1, 0.15) is 15.9 Å². The minimum Gasteiger partial charge on any atom is -0.298 e. The molecule has 0 spiro atoms. The van der Waals surface area contributed by atoms with E-state index in [1.165, 1.54) is 5.56 Å². The molecule has 0 saturated heterocycles. The van der Waals surface area contributed by atoms with Gasteiger partial charge in [0.05, 0.1) is 5.02 Å². The van der Waals surface area contributed by atoms with Gasteiger partial charge in [-0.1, -0.05) is 47.1 Å². The number of halogens is 1. The molecule has 0 aliphatic heterocycles. The van der Waals surface area contributed by atoms with Crippen molar-refractivity contribution in [1.82, 2.24) is 0 Å². The largest absolute Gasteiger partial charge is 0.298 e. The monoisotopic (exact) mass is 262 g/mol. The molecule has 0 radical (unpaired) electrons. The molecule has 2 aromatic rings. The van der Waals surface area contributed by atoms with Crippen LogP contribution >= 0.6 is 23.4 Å². The lowest BCUT2D eigenvalue weighted by atomic mass is 10.2. The fraction of sp³-hybridized carbons (Fsp3) is 0.0714. The predicted octanol–water partition coefficient (Wildman–Crippen LogP) is 4.61. The van der Waals surface area contributed by atoms with E-state index < -0.39 is 0 Å². The molecule has 0 N–H and O–H groups in total. The first-order chi connectivity index (χ1) is 8.20. The summed E-state index contributed by atoms with van der Waals surface area (Å²) in [6.07, 6.45) is 0.804. The van der Waals surface area contributed by atoms with E-state index in [4.69, 9.17) is 11.6 Å². The average molecular weight is 263 g/mol. The van der Waals surface area contributed by atoms with Crippen LogP contribution in [0.5, 0.6) is 0 Å². The highest BCUT2D eigenvalue weighted by Crippen LogP contribution is 2.32. The number of aldehydes is 1. The number of carbonyl (C=O) groups excluding carboxylic acids is 1. The van der Waals surface area contributed by atoms with E-state index in [9.17, 15) is 4.79 Å². The summed E-state index contributed by atoms with van der Waals surface area (Å²) in [6.45, 7) is 2.05. The third kappa shape index (κ3) is 2.90.